The smallest absolute Gasteiger partial charge is 0.352 e. The summed E-state index contributed by atoms with van der Waals surface area (Å²) in [6.07, 6.45) is 1.23. The molecule has 1 rings (SSSR count). The molecule has 1 heterocycles. The van der Waals surface area contributed by atoms with Gasteiger partial charge in [-0.25, -0.2) is 30.0 Å². The summed E-state index contributed by atoms with van der Waals surface area (Å²) < 4.78 is 79.8. The van der Waals surface area contributed by atoms with Gasteiger partial charge in [-0.1, -0.05) is 0 Å². The Kier molecular flexibility index (Phi) is 5.83. The number of carbonyl (C=O) groups excluding carboxylic acids is 1. The first-order chi connectivity index (χ1) is 12.1. The van der Waals surface area contributed by atoms with Gasteiger partial charge in [0, 0.05) is 18.8 Å². The predicted molar refractivity (Wildman–Crippen MR) is 90.3 cm³/mol. The van der Waals surface area contributed by atoms with Crippen molar-refractivity contribution in [3.63, 3.8) is 0 Å². The van der Waals surface area contributed by atoms with Crippen molar-refractivity contribution in [1.29, 1.82) is 10.5 Å². The van der Waals surface area contributed by atoms with Crippen LogP contribution in [0.4, 0.5) is 0 Å². The number of rotatable bonds is 5. The average Bonchev–Trinajstić information content (AvgIpc) is 2.84. The number of nitriles is 2. The van der Waals surface area contributed by atoms with Gasteiger partial charge in [-0.15, -0.1) is 0 Å². The van der Waals surface area contributed by atoms with Crippen LogP contribution in [0, 0.1) is 22.7 Å². The summed E-state index contributed by atoms with van der Waals surface area (Å²) >= 11 is 0. The molecule has 0 aliphatic carbocycles. The molecular formula is C13H14N2O9S3. The highest BCUT2D eigenvalue weighted by Gasteiger charge is 2.66. The summed E-state index contributed by atoms with van der Waals surface area (Å²) in [6, 6.07) is 2.63. The van der Waals surface area contributed by atoms with Crippen molar-refractivity contribution in [2.75, 3.05) is 25.4 Å². The van der Waals surface area contributed by atoms with E-state index >= 15 is 0 Å². The predicted octanol–water partition coefficient (Wildman–Crippen LogP) is -1.08. The molecule has 0 bridgehead atoms. The molecule has 11 nitrogen and oxygen atoms in total. The first kappa shape index (κ1) is 22.6. The van der Waals surface area contributed by atoms with Crippen LogP contribution >= 0.6 is 0 Å². The maximum Gasteiger partial charge on any atom is 0.352 e. The molecule has 1 aliphatic rings. The van der Waals surface area contributed by atoms with Crippen LogP contribution in [-0.4, -0.2) is 60.9 Å². The molecule has 14 heteroatoms. The first-order valence-electron chi connectivity index (χ1n) is 6.85. The molecule has 0 saturated carbocycles. The van der Waals surface area contributed by atoms with Gasteiger partial charge in [-0.2, -0.15) is 10.5 Å². The van der Waals surface area contributed by atoms with Gasteiger partial charge < -0.3 is 9.47 Å². The standard InChI is InChI=1S/C13H14N2O9S3/c1-5-23-12(16)9(7-15)10-8(6-14)11(25(2,17)18)13(24-10,26(3,19)20)27(4,21)22/h5H2,1-4H3. The SMILES string of the molecule is CCOC(=O)C(C#N)=C1OC(S(C)(=O)=O)(S(C)(=O)=O)C(S(C)(=O)=O)=C1C#N. The number of esters is 1. The molecular weight excluding hydrogens is 424 g/mol. The molecule has 1 aliphatic heterocycles. The quantitative estimate of drug-likeness (QED) is 0.289. The largest absolute Gasteiger partial charge is 0.462 e. The fraction of sp³-hybridized carbons (Fsp3) is 0.462. The number of ether oxygens (including phenoxy) is 2. The van der Waals surface area contributed by atoms with Crippen molar-refractivity contribution in [2.24, 2.45) is 0 Å². The van der Waals surface area contributed by atoms with Crippen molar-refractivity contribution >= 4 is 35.5 Å². The molecule has 0 amide bonds. The summed E-state index contributed by atoms with van der Waals surface area (Å²) in [6.45, 7) is 1.17. The molecule has 0 unspecified atom stereocenters. The zero-order chi connectivity index (χ0) is 21.4. The maximum absolute atomic E-state index is 12.3. The van der Waals surface area contributed by atoms with E-state index in [0.29, 0.717) is 18.8 Å². The van der Waals surface area contributed by atoms with Crippen molar-refractivity contribution in [3.05, 3.63) is 21.8 Å². The van der Waals surface area contributed by atoms with Crippen LogP contribution in [0.2, 0.25) is 0 Å². The summed E-state index contributed by atoms with van der Waals surface area (Å²) in [4.78, 5) is 10.5. The Bertz CT molecular complexity index is 1130. The summed E-state index contributed by atoms with van der Waals surface area (Å²) in [5, 5.41) is 18.5. The molecule has 0 N–H and O–H groups in total. The van der Waals surface area contributed by atoms with Crippen molar-refractivity contribution in [3.8, 4) is 12.1 Å². The fourth-order valence-electron chi connectivity index (χ4n) is 2.33. The van der Waals surface area contributed by atoms with Crippen LogP contribution in [0.25, 0.3) is 0 Å². The van der Waals surface area contributed by atoms with Crippen LogP contribution in [0.15, 0.2) is 21.8 Å². The van der Waals surface area contributed by atoms with E-state index in [4.69, 9.17) is 4.74 Å². The van der Waals surface area contributed by atoms with E-state index in [9.17, 15) is 40.6 Å². The first-order valence-corrected chi connectivity index (χ1v) is 12.5. The van der Waals surface area contributed by atoms with Crippen molar-refractivity contribution in [2.45, 2.75) is 11.2 Å². The van der Waals surface area contributed by atoms with E-state index in [-0.39, 0.29) is 6.61 Å². The number of hydrogen-bond acceptors (Lipinski definition) is 11. The Balaban J connectivity index is 4.32. The molecule has 0 radical (unpaired) electrons. The number of sulfone groups is 3. The van der Waals surface area contributed by atoms with E-state index < -0.39 is 61.6 Å². The normalized spacial score (nSPS) is 18.9. The molecule has 0 aromatic rings. The van der Waals surface area contributed by atoms with Gasteiger partial charge in [-0.3, -0.25) is 0 Å². The number of nitrogens with zero attached hydrogens (tertiary/aromatic N) is 2. The molecule has 27 heavy (non-hydrogen) atoms. The average molecular weight is 438 g/mol. The minimum atomic E-state index is -4.90. The Morgan fingerprint density at radius 1 is 1.07 bits per heavy atom. The third kappa shape index (κ3) is 3.55. The lowest BCUT2D eigenvalue weighted by Crippen LogP contribution is -2.48. The third-order valence-corrected chi connectivity index (χ3v) is 9.08. The highest BCUT2D eigenvalue weighted by atomic mass is 32.3. The summed E-state index contributed by atoms with van der Waals surface area (Å²) in [7, 11) is -14.5. The molecule has 0 aromatic heterocycles. The van der Waals surface area contributed by atoms with Gasteiger partial charge in [0.1, 0.15) is 22.6 Å². The molecule has 0 fully saturated rings. The molecule has 0 aromatic carbocycles. The molecule has 0 atom stereocenters. The topological polar surface area (TPSA) is 186 Å². The van der Waals surface area contributed by atoms with E-state index in [1.807, 2.05) is 0 Å². The van der Waals surface area contributed by atoms with Crippen LogP contribution in [0.3, 0.4) is 0 Å². The monoisotopic (exact) mass is 438 g/mol. The lowest BCUT2D eigenvalue weighted by Gasteiger charge is -2.26. The molecule has 0 spiro atoms. The number of allylic oxidation sites excluding steroid dienone is 1. The summed E-state index contributed by atoms with van der Waals surface area (Å²) in [5.74, 6) is -2.46. The van der Waals surface area contributed by atoms with E-state index in [0.717, 1.165) is 0 Å². The van der Waals surface area contributed by atoms with Crippen LogP contribution in [-0.2, 0) is 43.8 Å². The second kappa shape index (κ2) is 6.95. The van der Waals surface area contributed by atoms with Gasteiger partial charge in [0.2, 0.25) is 19.7 Å². The highest BCUT2D eigenvalue weighted by Crippen LogP contribution is 2.48. The fourth-order valence-corrected chi connectivity index (χ4v) is 8.70. The summed E-state index contributed by atoms with van der Waals surface area (Å²) in [5.41, 5.74) is -2.14. The van der Waals surface area contributed by atoms with E-state index in [1.54, 1.807) is 0 Å². The van der Waals surface area contributed by atoms with Gasteiger partial charge in [0.15, 0.2) is 21.2 Å². The van der Waals surface area contributed by atoms with Gasteiger partial charge in [-0.05, 0) is 6.92 Å². The van der Waals surface area contributed by atoms with Crippen molar-refractivity contribution in [1.82, 2.24) is 0 Å². The van der Waals surface area contributed by atoms with Crippen molar-refractivity contribution < 1.29 is 39.5 Å². The van der Waals surface area contributed by atoms with E-state index in [1.165, 1.54) is 19.1 Å². The number of hydrogen-bond donors (Lipinski definition) is 0. The van der Waals surface area contributed by atoms with Crippen LogP contribution in [0.5, 0.6) is 0 Å². The lowest BCUT2D eigenvalue weighted by atomic mass is 10.1. The number of carbonyl (C=O) groups is 1. The lowest BCUT2D eigenvalue weighted by molar-refractivity contribution is -0.138. The molecule has 148 valence electrons. The Morgan fingerprint density at radius 2 is 1.56 bits per heavy atom. The van der Waals surface area contributed by atoms with E-state index in [2.05, 4.69) is 4.74 Å². The second-order valence-corrected chi connectivity index (χ2v) is 11.8. The van der Waals surface area contributed by atoms with Gasteiger partial charge in [0.05, 0.1) is 6.61 Å². The highest BCUT2D eigenvalue weighted by molar-refractivity contribution is 8.11. The minimum absolute atomic E-state index is 0.217. The minimum Gasteiger partial charge on any atom is -0.462 e. The zero-order valence-electron chi connectivity index (χ0n) is 14.5. The Labute approximate surface area is 156 Å². The maximum atomic E-state index is 12.3. The van der Waals surface area contributed by atoms with Crippen LogP contribution < -0.4 is 0 Å². The Hall–Kier alpha value is -2.42. The van der Waals surface area contributed by atoms with Gasteiger partial charge in [0.25, 0.3) is 0 Å². The van der Waals surface area contributed by atoms with Crippen LogP contribution in [0.1, 0.15) is 6.92 Å². The third-order valence-electron chi connectivity index (χ3n) is 3.25. The van der Waals surface area contributed by atoms with Gasteiger partial charge >= 0.3 is 10.2 Å². The Morgan fingerprint density at radius 3 is 1.85 bits per heavy atom. The molecule has 0 saturated heterocycles. The zero-order valence-corrected chi connectivity index (χ0v) is 17.0. The second-order valence-electron chi connectivity index (χ2n) is 5.33.